The topological polar surface area (TPSA) is 52.0 Å². The summed E-state index contributed by atoms with van der Waals surface area (Å²) in [4.78, 5) is 4.34. The fraction of sp³-hybridized carbons (Fsp3) is 0.429. The van der Waals surface area contributed by atoms with Crippen molar-refractivity contribution in [3.63, 3.8) is 0 Å². The molecule has 0 saturated heterocycles. The van der Waals surface area contributed by atoms with Crippen molar-refractivity contribution in [1.82, 2.24) is 14.8 Å². The molecule has 0 aromatic carbocycles. The molecule has 0 bridgehead atoms. The molecule has 5 heteroatoms. The van der Waals surface area contributed by atoms with Crippen LogP contribution in [-0.2, 0) is 7.05 Å². The molecular formula is C14H18N4O. The molecule has 3 rings (SSSR count). The molecule has 1 aliphatic carbocycles. The maximum atomic E-state index is 6.03. The number of aromatic nitrogens is 3. The van der Waals surface area contributed by atoms with Crippen molar-refractivity contribution in [2.75, 3.05) is 5.32 Å². The van der Waals surface area contributed by atoms with E-state index in [2.05, 4.69) is 15.4 Å². The second-order valence-corrected chi connectivity index (χ2v) is 4.87. The summed E-state index contributed by atoms with van der Waals surface area (Å²) in [5.41, 5.74) is 0. The van der Waals surface area contributed by atoms with Gasteiger partial charge in [0.15, 0.2) is 17.4 Å². The molecule has 0 radical (unpaired) electrons. The minimum atomic E-state index is 0.327. The van der Waals surface area contributed by atoms with E-state index in [1.807, 2.05) is 31.4 Å². The Kier molecular flexibility index (Phi) is 3.35. The zero-order valence-corrected chi connectivity index (χ0v) is 11.0. The standard InChI is InChI=1S/C14H18N4O/c1-18-10-8-13(17-18)16-14-12(7-4-9-15-14)19-11-5-2-3-6-11/h4,7-11H,2-3,5-6H2,1H3,(H,15,16,17). The van der Waals surface area contributed by atoms with Crippen LogP contribution < -0.4 is 10.1 Å². The van der Waals surface area contributed by atoms with E-state index in [0.717, 1.165) is 30.2 Å². The third kappa shape index (κ3) is 2.86. The van der Waals surface area contributed by atoms with Crippen molar-refractivity contribution in [3.05, 3.63) is 30.6 Å². The predicted octanol–water partition coefficient (Wildman–Crippen LogP) is 2.88. The van der Waals surface area contributed by atoms with E-state index in [-0.39, 0.29) is 0 Å². The fourth-order valence-electron chi connectivity index (χ4n) is 2.37. The van der Waals surface area contributed by atoms with E-state index in [9.17, 15) is 0 Å². The molecule has 1 fully saturated rings. The van der Waals surface area contributed by atoms with Gasteiger partial charge >= 0.3 is 0 Å². The number of ether oxygens (including phenoxy) is 1. The third-order valence-corrected chi connectivity index (χ3v) is 3.33. The van der Waals surface area contributed by atoms with Gasteiger partial charge in [-0.25, -0.2) is 4.98 Å². The highest BCUT2D eigenvalue weighted by Gasteiger charge is 2.18. The lowest BCUT2D eigenvalue weighted by Crippen LogP contribution is -2.12. The molecule has 1 aliphatic rings. The number of hydrogen-bond acceptors (Lipinski definition) is 4. The van der Waals surface area contributed by atoms with Gasteiger partial charge in [-0.15, -0.1) is 0 Å². The number of pyridine rings is 1. The molecule has 0 aliphatic heterocycles. The Labute approximate surface area is 112 Å². The van der Waals surface area contributed by atoms with Gasteiger partial charge in [-0.3, -0.25) is 4.68 Å². The zero-order valence-electron chi connectivity index (χ0n) is 11.0. The van der Waals surface area contributed by atoms with Crippen LogP contribution in [0.3, 0.4) is 0 Å². The predicted molar refractivity (Wildman–Crippen MR) is 73.6 cm³/mol. The first-order chi connectivity index (χ1) is 9.31. The van der Waals surface area contributed by atoms with Gasteiger partial charge in [0, 0.05) is 25.5 Å². The van der Waals surface area contributed by atoms with E-state index in [4.69, 9.17) is 4.74 Å². The molecular weight excluding hydrogens is 240 g/mol. The lowest BCUT2D eigenvalue weighted by atomic mass is 10.3. The number of anilines is 2. The quantitative estimate of drug-likeness (QED) is 0.916. The maximum absolute atomic E-state index is 6.03. The summed E-state index contributed by atoms with van der Waals surface area (Å²) in [6, 6.07) is 5.76. The second kappa shape index (κ2) is 5.30. The summed E-state index contributed by atoms with van der Waals surface area (Å²) in [5.74, 6) is 2.31. The van der Waals surface area contributed by atoms with Crippen molar-refractivity contribution >= 4 is 11.6 Å². The van der Waals surface area contributed by atoms with Gasteiger partial charge < -0.3 is 10.1 Å². The van der Waals surface area contributed by atoms with Crippen LogP contribution in [0.4, 0.5) is 11.6 Å². The van der Waals surface area contributed by atoms with Crippen LogP contribution in [0, 0.1) is 0 Å². The van der Waals surface area contributed by atoms with Crippen molar-refractivity contribution in [3.8, 4) is 5.75 Å². The van der Waals surface area contributed by atoms with Crippen LogP contribution in [0.15, 0.2) is 30.6 Å². The van der Waals surface area contributed by atoms with Gasteiger partial charge in [-0.2, -0.15) is 5.10 Å². The Bertz CT molecular complexity index is 546. The smallest absolute Gasteiger partial charge is 0.174 e. The first-order valence-electron chi connectivity index (χ1n) is 6.69. The molecule has 5 nitrogen and oxygen atoms in total. The summed E-state index contributed by atoms with van der Waals surface area (Å²) in [7, 11) is 1.89. The van der Waals surface area contributed by atoms with Crippen molar-refractivity contribution in [2.45, 2.75) is 31.8 Å². The average molecular weight is 258 g/mol. The largest absolute Gasteiger partial charge is 0.487 e. The summed E-state index contributed by atoms with van der Waals surface area (Å²) in [6.45, 7) is 0. The Morgan fingerprint density at radius 1 is 1.32 bits per heavy atom. The Morgan fingerprint density at radius 3 is 2.89 bits per heavy atom. The van der Waals surface area contributed by atoms with Crippen LogP contribution in [0.25, 0.3) is 0 Å². The summed E-state index contributed by atoms with van der Waals surface area (Å²) in [5, 5.41) is 7.49. The molecule has 0 spiro atoms. The lowest BCUT2D eigenvalue weighted by molar-refractivity contribution is 0.210. The van der Waals surface area contributed by atoms with Crippen LogP contribution >= 0.6 is 0 Å². The number of nitrogens with zero attached hydrogens (tertiary/aromatic N) is 3. The highest BCUT2D eigenvalue weighted by Crippen LogP contribution is 2.29. The van der Waals surface area contributed by atoms with Gasteiger partial charge in [0.05, 0.1) is 6.10 Å². The van der Waals surface area contributed by atoms with Gasteiger partial charge in [0.2, 0.25) is 0 Å². The van der Waals surface area contributed by atoms with Gasteiger partial charge in [0.1, 0.15) is 0 Å². The number of hydrogen-bond donors (Lipinski definition) is 1. The molecule has 1 N–H and O–H groups in total. The molecule has 2 aromatic rings. The molecule has 0 atom stereocenters. The summed E-state index contributed by atoms with van der Waals surface area (Å²) < 4.78 is 7.78. The SMILES string of the molecule is Cn1ccc(Nc2ncccc2OC2CCCC2)n1. The minimum absolute atomic E-state index is 0.327. The molecule has 100 valence electrons. The lowest BCUT2D eigenvalue weighted by Gasteiger charge is -2.15. The van der Waals surface area contributed by atoms with Crippen LogP contribution in [0.5, 0.6) is 5.75 Å². The fourth-order valence-corrected chi connectivity index (χ4v) is 2.37. The van der Waals surface area contributed by atoms with Crippen molar-refractivity contribution in [1.29, 1.82) is 0 Å². The van der Waals surface area contributed by atoms with E-state index >= 15 is 0 Å². The van der Waals surface area contributed by atoms with E-state index < -0.39 is 0 Å². The minimum Gasteiger partial charge on any atom is -0.487 e. The van der Waals surface area contributed by atoms with Crippen LogP contribution in [0.2, 0.25) is 0 Å². The third-order valence-electron chi connectivity index (χ3n) is 3.33. The number of rotatable bonds is 4. The molecule has 2 aromatic heterocycles. The zero-order chi connectivity index (χ0) is 13.1. The van der Waals surface area contributed by atoms with Gasteiger partial charge in [0.25, 0.3) is 0 Å². The highest BCUT2D eigenvalue weighted by molar-refractivity contribution is 5.58. The molecule has 19 heavy (non-hydrogen) atoms. The van der Waals surface area contributed by atoms with Crippen molar-refractivity contribution in [2.24, 2.45) is 7.05 Å². The average Bonchev–Trinajstić information content (AvgIpc) is 3.04. The van der Waals surface area contributed by atoms with Crippen molar-refractivity contribution < 1.29 is 4.74 Å². The maximum Gasteiger partial charge on any atom is 0.174 e. The first-order valence-corrected chi connectivity index (χ1v) is 6.69. The van der Waals surface area contributed by atoms with Crippen LogP contribution in [0.1, 0.15) is 25.7 Å². The Balaban J connectivity index is 1.76. The number of aryl methyl sites for hydroxylation is 1. The highest BCUT2D eigenvalue weighted by atomic mass is 16.5. The van der Waals surface area contributed by atoms with E-state index in [1.54, 1.807) is 10.9 Å². The monoisotopic (exact) mass is 258 g/mol. The Hall–Kier alpha value is -2.04. The van der Waals surface area contributed by atoms with E-state index in [0.29, 0.717) is 6.10 Å². The van der Waals surface area contributed by atoms with E-state index in [1.165, 1.54) is 12.8 Å². The van der Waals surface area contributed by atoms with Crippen LogP contribution in [-0.4, -0.2) is 20.9 Å². The summed E-state index contributed by atoms with van der Waals surface area (Å²) >= 11 is 0. The molecule has 0 unspecified atom stereocenters. The summed E-state index contributed by atoms with van der Waals surface area (Å²) in [6.07, 6.45) is 8.77. The van der Waals surface area contributed by atoms with Gasteiger partial charge in [-0.1, -0.05) is 0 Å². The number of nitrogens with one attached hydrogen (secondary N) is 1. The second-order valence-electron chi connectivity index (χ2n) is 4.87. The molecule has 0 amide bonds. The molecule has 1 saturated carbocycles. The normalized spacial score (nSPS) is 15.6. The van der Waals surface area contributed by atoms with Gasteiger partial charge in [-0.05, 0) is 37.8 Å². The molecule has 2 heterocycles. The Morgan fingerprint density at radius 2 is 2.16 bits per heavy atom. The first kappa shape index (κ1) is 12.0.